The number of carbonyl (C=O) groups excluding carboxylic acids is 2. The minimum atomic E-state index is -0.220. The van der Waals surface area contributed by atoms with Crippen molar-refractivity contribution in [3.05, 3.63) is 51.2 Å². The van der Waals surface area contributed by atoms with E-state index >= 15 is 0 Å². The number of likely N-dealkylation sites (tertiary alicyclic amines) is 1. The standard InChI is InChI=1S/C19H21ClN2O2S/c1-3-16-12(2)8-9-22(16)19(24)13-6-7-14(20)15(11-13)21-18(23)17-5-4-10-25-17/h4-7,10-12,16H,3,8-9H2,1-2H3,(H,21,23). The normalized spacial score (nSPS) is 19.9. The molecule has 1 aliphatic rings. The van der Waals surface area contributed by atoms with Gasteiger partial charge in [0.05, 0.1) is 15.6 Å². The molecule has 1 aromatic heterocycles. The van der Waals surface area contributed by atoms with Crippen LogP contribution in [-0.2, 0) is 0 Å². The molecular formula is C19H21ClN2O2S. The van der Waals surface area contributed by atoms with Crippen LogP contribution < -0.4 is 5.32 Å². The molecule has 0 saturated carbocycles. The van der Waals surface area contributed by atoms with Crippen LogP contribution in [0, 0.1) is 5.92 Å². The summed E-state index contributed by atoms with van der Waals surface area (Å²) < 4.78 is 0. The first-order chi connectivity index (χ1) is 12.0. The third kappa shape index (κ3) is 3.72. The second-order valence-corrected chi connectivity index (χ2v) is 7.72. The highest BCUT2D eigenvalue weighted by Crippen LogP contribution is 2.30. The summed E-state index contributed by atoms with van der Waals surface area (Å²) in [4.78, 5) is 27.7. The Bertz CT molecular complexity index is 776. The van der Waals surface area contributed by atoms with Gasteiger partial charge in [-0.05, 0) is 48.4 Å². The summed E-state index contributed by atoms with van der Waals surface area (Å²) in [5.74, 6) is 0.293. The molecular weight excluding hydrogens is 356 g/mol. The van der Waals surface area contributed by atoms with Crippen LogP contribution in [0.2, 0.25) is 5.02 Å². The number of carbonyl (C=O) groups is 2. The van der Waals surface area contributed by atoms with E-state index in [9.17, 15) is 9.59 Å². The molecule has 1 fully saturated rings. The second-order valence-electron chi connectivity index (χ2n) is 6.37. The van der Waals surface area contributed by atoms with Crippen LogP contribution in [0.1, 0.15) is 46.7 Å². The minimum Gasteiger partial charge on any atom is -0.335 e. The van der Waals surface area contributed by atoms with Gasteiger partial charge in [0.15, 0.2) is 0 Å². The van der Waals surface area contributed by atoms with E-state index in [2.05, 4.69) is 19.2 Å². The molecule has 1 aromatic carbocycles. The Labute approximate surface area is 156 Å². The van der Waals surface area contributed by atoms with Crippen molar-refractivity contribution in [2.75, 3.05) is 11.9 Å². The average Bonchev–Trinajstić information content (AvgIpc) is 3.25. The first kappa shape index (κ1) is 18.0. The maximum atomic E-state index is 12.9. The Morgan fingerprint density at radius 3 is 2.84 bits per heavy atom. The van der Waals surface area contributed by atoms with Crippen molar-refractivity contribution < 1.29 is 9.59 Å². The number of hydrogen-bond donors (Lipinski definition) is 1. The van der Waals surface area contributed by atoms with E-state index in [-0.39, 0.29) is 17.9 Å². The molecule has 2 unspecified atom stereocenters. The van der Waals surface area contributed by atoms with Gasteiger partial charge in [0, 0.05) is 18.2 Å². The van der Waals surface area contributed by atoms with Gasteiger partial charge in [-0.15, -0.1) is 11.3 Å². The highest BCUT2D eigenvalue weighted by molar-refractivity contribution is 7.12. The molecule has 25 heavy (non-hydrogen) atoms. The predicted molar refractivity (Wildman–Crippen MR) is 103 cm³/mol. The maximum Gasteiger partial charge on any atom is 0.265 e. The Morgan fingerprint density at radius 1 is 1.36 bits per heavy atom. The van der Waals surface area contributed by atoms with Gasteiger partial charge in [-0.2, -0.15) is 0 Å². The number of nitrogens with one attached hydrogen (secondary N) is 1. The first-order valence-corrected chi connectivity index (χ1v) is 9.72. The maximum absolute atomic E-state index is 12.9. The van der Waals surface area contributed by atoms with Crippen molar-refractivity contribution in [2.24, 2.45) is 5.92 Å². The highest BCUT2D eigenvalue weighted by Gasteiger charge is 2.33. The van der Waals surface area contributed by atoms with Crippen molar-refractivity contribution in [3.8, 4) is 0 Å². The first-order valence-electron chi connectivity index (χ1n) is 8.46. The van der Waals surface area contributed by atoms with Crippen molar-refractivity contribution in [2.45, 2.75) is 32.7 Å². The Hall–Kier alpha value is -1.85. The van der Waals surface area contributed by atoms with Crippen LogP contribution in [0.3, 0.4) is 0 Å². The third-order valence-corrected chi connectivity index (χ3v) is 5.97. The molecule has 2 heterocycles. The van der Waals surface area contributed by atoms with Crippen molar-refractivity contribution in [1.29, 1.82) is 0 Å². The zero-order valence-corrected chi connectivity index (χ0v) is 15.9. The summed E-state index contributed by atoms with van der Waals surface area (Å²) in [6, 6.07) is 8.90. The van der Waals surface area contributed by atoms with Crippen LogP contribution in [0.15, 0.2) is 35.7 Å². The van der Waals surface area contributed by atoms with Gasteiger partial charge in [0.25, 0.3) is 11.8 Å². The van der Waals surface area contributed by atoms with E-state index in [0.717, 1.165) is 19.4 Å². The summed E-state index contributed by atoms with van der Waals surface area (Å²) in [5.41, 5.74) is 1.02. The Kier molecular flexibility index (Phi) is 5.45. The van der Waals surface area contributed by atoms with E-state index in [1.165, 1.54) is 11.3 Å². The topological polar surface area (TPSA) is 49.4 Å². The van der Waals surface area contributed by atoms with E-state index < -0.39 is 0 Å². The van der Waals surface area contributed by atoms with E-state index in [4.69, 9.17) is 11.6 Å². The number of amides is 2. The van der Waals surface area contributed by atoms with Gasteiger partial charge in [-0.3, -0.25) is 9.59 Å². The predicted octanol–water partition coefficient (Wildman–Crippen LogP) is 4.91. The molecule has 1 N–H and O–H groups in total. The number of halogens is 1. The SMILES string of the molecule is CCC1C(C)CCN1C(=O)c1ccc(Cl)c(NC(=O)c2cccs2)c1. The van der Waals surface area contributed by atoms with Gasteiger partial charge in [0.1, 0.15) is 0 Å². The summed E-state index contributed by atoms with van der Waals surface area (Å²) in [6.45, 7) is 5.08. The largest absolute Gasteiger partial charge is 0.335 e. The molecule has 3 rings (SSSR count). The number of thiophene rings is 1. The van der Waals surface area contributed by atoms with E-state index in [0.29, 0.717) is 27.1 Å². The van der Waals surface area contributed by atoms with Gasteiger partial charge in [-0.1, -0.05) is 31.5 Å². The van der Waals surface area contributed by atoms with Crippen LogP contribution in [0.25, 0.3) is 0 Å². The summed E-state index contributed by atoms with van der Waals surface area (Å²) in [5, 5.41) is 5.06. The molecule has 1 saturated heterocycles. The summed E-state index contributed by atoms with van der Waals surface area (Å²) in [7, 11) is 0. The molecule has 0 bridgehead atoms. The van der Waals surface area contributed by atoms with Crippen LogP contribution in [-0.4, -0.2) is 29.3 Å². The lowest BCUT2D eigenvalue weighted by Gasteiger charge is -2.26. The minimum absolute atomic E-state index is 0.000473. The molecule has 2 amide bonds. The van der Waals surface area contributed by atoms with Crippen molar-refractivity contribution in [3.63, 3.8) is 0 Å². The fourth-order valence-corrected chi connectivity index (χ4v) is 4.18. The van der Waals surface area contributed by atoms with Gasteiger partial charge in [-0.25, -0.2) is 0 Å². The molecule has 6 heteroatoms. The van der Waals surface area contributed by atoms with Gasteiger partial charge in [0.2, 0.25) is 0 Å². The molecule has 0 aliphatic carbocycles. The number of nitrogens with zero attached hydrogens (tertiary/aromatic N) is 1. The molecule has 4 nitrogen and oxygen atoms in total. The highest BCUT2D eigenvalue weighted by atomic mass is 35.5. The molecule has 132 valence electrons. The molecule has 0 radical (unpaired) electrons. The number of rotatable bonds is 4. The fourth-order valence-electron chi connectivity index (χ4n) is 3.39. The summed E-state index contributed by atoms with van der Waals surface area (Å²) in [6.07, 6.45) is 1.97. The zero-order chi connectivity index (χ0) is 18.0. The molecule has 1 aliphatic heterocycles. The smallest absolute Gasteiger partial charge is 0.265 e. The van der Waals surface area contributed by atoms with Gasteiger partial charge >= 0.3 is 0 Å². The molecule has 2 aromatic rings. The Morgan fingerprint density at radius 2 is 2.16 bits per heavy atom. The van der Waals surface area contributed by atoms with Crippen molar-refractivity contribution >= 4 is 40.4 Å². The third-order valence-electron chi connectivity index (χ3n) is 4.77. The van der Waals surface area contributed by atoms with Crippen LogP contribution in [0.4, 0.5) is 5.69 Å². The van der Waals surface area contributed by atoms with E-state index in [1.807, 2.05) is 16.3 Å². The number of hydrogen-bond acceptors (Lipinski definition) is 3. The van der Waals surface area contributed by atoms with E-state index in [1.54, 1.807) is 24.3 Å². The lowest BCUT2D eigenvalue weighted by atomic mass is 10.0. The zero-order valence-electron chi connectivity index (χ0n) is 14.3. The monoisotopic (exact) mass is 376 g/mol. The van der Waals surface area contributed by atoms with Crippen LogP contribution in [0.5, 0.6) is 0 Å². The quantitative estimate of drug-likeness (QED) is 0.823. The number of anilines is 1. The fraction of sp³-hybridized carbons (Fsp3) is 0.368. The number of benzene rings is 1. The van der Waals surface area contributed by atoms with Crippen LogP contribution >= 0.6 is 22.9 Å². The lowest BCUT2D eigenvalue weighted by molar-refractivity contribution is 0.0718. The summed E-state index contributed by atoms with van der Waals surface area (Å²) >= 11 is 7.57. The second kappa shape index (κ2) is 7.58. The molecule has 0 spiro atoms. The lowest BCUT2D eigenvalue weighted by Crippen LogP contribution is -2.37. The van der Waals surface area contributed by atoms with Crippen molar-refractivity contribution in [1.82, 2.24) is 4.90 Å². The average molecular weight is 377 g/mol. The Balaban J connectivity index is 1.81. The molecule has 2 atom stereocenters. The van der Waals surface area contributed by atoms with Gasteiger partial charge < -0.3 is 10.2 Å².